The molecule has 4 nitrogen and oxygen atoms in total. The first-order chi connectivity index (χ1) is 12.0. The Kier molecular flexibility index (Phi) is 5.71. The van der Waals surface area contributed by atoms with Gasteiger partial charge in [-0.3, -0.25) is 4.79 Å². The van der Waals surface area contributed by atoms with Crippen LogP contribution in [0, 0.1) is 0 Å². The third-order valence-electron chi connectivity index (χ3n) is 4.17. The Morgan fingerprint density at radius 3 is 2.44 bits per heavy atom. The lowest BCUT2D eigenvalue weighted by Crippen LogP contribution is -2.30. The van der Waals surface area contributed by atoms with Crippen molar-refractivity contribution in [3.63, 3.8) is 0 Å². The van der Waals surface area contributed by atoms with Gasteiger partial charge in [-0.1, -0.05) is 23.2 Å². The molecule has 0 saturated carbocycles. The molecule has 1 N–H and O–H groups in total. The lowest BCUT2D eigenvalue weighted by atomic mass is 10.2. The van der Waals surface area contributed by atoms with E-state index in [2.05, 4.69) is 10.2 Å². The Morgan fingerprint density at radius 1 is 1.12 bits per heavy atom. The van der Waals surface area contributed by atoms with Crippen LogP contribution in [0.3, 0.4) is 0 Å². The topological polar surface area (TPSA) is 41.6 Å². The van der Waals surface area contributed by atoms with Gasteiger partial charge < -0.3 is 15.0 Å². The van der Waals surface area contributed by atoms with E-state index in [9.17, 15) is 4.79 Å². The summed E-state index contributed by atoms with van der Waals surface area (Å²) in [6.45, 7) is 3.87. The molecule has 132 valence electrons. The van der Waals surface area contributed by atoms with Gasteiger partial charge in [-0.05, 0) is 62.2 Å². The van der Waals surface area contributed by atoms with Gasteiger partial charge in [-0.2, -0.15) is 0 Å². The van der Waals surface area contributed by atoms with Gasteiger partial charge in [0.25, 0.3) is 5.91 Å². The number of hydrogen-bond donors (Lipinski definition) is 1. The Hall–Kier alpha value is -1.91. The van der Waals surface area contributed by atoms with Crippen LogP contribution in [0.5, 0.6) is 5.75 Å². The summed E-state index contributed by atoms with van der Waals surface area (Å²) in [6.07, 6.45) is 1.79. The monoisotopic (exact) mass is 378 g/mol. The summed E-state index contributed by atoms with van der Waals surface area (Å²) in [6, 6.07) is 12.8. The number of ether oxygens (including phenoxy) is 1. The minimum Gasteiger partial charge on any atom is -0.479 e. The minimum absolute atomic E-state index is 0.236. The summed E-state index contributed by atoms with van der Waals surface area (Å²) >= 11 is 11.9. The summed E-state index contributed by atoms with van der Waals surface area (Å²) in [5.41, 5.74) is 1.93. The normalized spacial score (nSPS) is 15.1. The number of carbonyl (C=O) groups is 1. The number of rotatable bonds is 5. The van der Waals surface area contributed by atoms with Crippen LogP contribution in [0.15, 0.2) is 42.5 Å². The number of carbonyl (C=O) groups excluding carboxylic acids is 1. The molecule has 1 aliphatic heterocycles. The van der Waals surface area contributed by atoms with Crippen molar-refractivity contribution < 1.29 is 9.53 Å². The molecule has 2 aromatic carbocycles. The van der Waals surface area contributed by atoms with E-state index in [0.29, 0.717) is 15.8 Å². The van der Waals surface area contributed by atoms with Gasteiger partial charge in [-0.15, -0.1) is 0 Å². The highest BCUT2D eigenvalue weighted by atomic mass is 35.5. The van der Waals surface area contributed by atoms with E-state index in [4.69, 9.17) is 27.9 Å². The van der Waals surface area contributed by atoms with Gasteiger partial charge in [0.05, 0.1) is 5.02 Å². The Morgan fingerprint density at radius 2 is 1.80 bits per heavy atom. The zero-order chi connectivity index (χ0) is 17.8. The average molecular weight is 379 g/mol. The van der Waals surface area contributed by atoms with Crippen molar-refractivity contribution in [3.8, 4) is 5.75 Å². The molecule has 6 heteroatoms. The number of nitrogens with one attached hydrogen (secondary N) is 1. The van der Waals surface area contributed by atoms with Crippen molar-refractivity contribution in [3.05, 3.63) is 52.5 Å². The standard InChI is InChI=1S/C19H20Cl2N2O2/c1-13(25-18-9-4-14(20)12-17(18)21)19(24)22-15-5-7-16(8-6-15)23-10-2-3-11-23/h4-9,12-13H,2-3,10-11H2,1H3,(H,22,24)/t13-/m0/s1. The fourth-order valence-electron chi connectivity index (χ4n) is 2.79. The summed E-state index contributed by atoms with van der Waals surface area (Å²) in [4.78, 5) is 14.7. The lowest BCUT2D eigenvalue weighted by molar-refractivity contribution is -0.122. The maximum atomic E-state index is 12.3. The second-order valence-electron chi connectivity index (χ2n) is 6.07. The van der Waals surface area contributed by atoms with Gasteiger partial charge in [0.15, 0.2) is 6.10 Å². The highest BCUT2D eigenvalue weighted by molar-refractivity contribution is 6.35. The van der Waals surface area contributed by atoms with Crippen LogP contribution < -0.4 is 15.0 Å². The molecule has 0 unspecified atom stereocenters. The number of nitrogens with zero attached hydrogens (tertiary/aromatic N) is 1. The van der Waals surface area contributed by atoms with Crippen LogP contribution in [0.1, 0.15) is 19.8 Å². The number of anilines is 2. The zero-order valence-corrected chi connectivity index (χ0v) is 15.5. The molecule has 0 bridgehead atoms. The van der Waals surface area contributed by atoms with Crippen molar-refractivity contribution in [2.45, 2.75) is 25.9 Å². The summed E-state index contributed by atoms with van der Waals surface area (Å²) in [7, 11) is 0. The molecule has 1 aliphatic rings. The molecule has 2 aromatic rings. The van der Waals surface area contributed by atoms with Crippen LogP contribution in [0.2, 0.25) is 10.0 Å². The highest BCUT2D eigenvalue weighted by Crippen LogP contribution is 2.28. The molecule has 0 aromatic heterocycles. The molecular weight excluding hydrogens is 359 g/mol. The van der Waals surface area contributed by atoms with Crippen molar-refractivity contribution in [1.82, 2.24) is 0 Å². The molecule has 1 saturated heterocycles. The molecule has 1 atom stereocenters. The fourth-order valence-corrected chi connectivity index (χ4v) is 3.24. The third kappa shape index (κ3) is 4.59. The number of amides is 1. The largest absolute Gasteiger partial charge is 0.479 e. The van der Waals surface area contributed by atoms with Crippen molar-refractivity contribution in [2.75, 3.05) is 23.3 Å². The first-order valence-electron chi connectivity index (χ1n) is 8.30. The van der Waals surface area contributed by atoms with Gasteiger partial charge in [0, 0.05) is 29.5 Å². The second kappa shape index (κ2) is 7.98. The molecule has 0 spiro atoms. The van der Waals surface area contributed by atoms with E-state index in [0.717, 1.165) is 18.8 Å². The highest BCUT2D eigenvalue weighted by Gasteiger charge is 2.17. The second-order valence-corrected chi connectivity index (χ2v) is 6.91. The van der Waals surface area contributed by atoms with E-state index >= 15 is 0 Å². The van der Waals surface area contributed by atoms with Crippen LogP contribution in [0.25, 0.3) is 0 Å². The Balaban J connectivity index is 1.59. The molecule has 25 heavy (non-hydrogen) atoms. The van der Waals surface area contributed by atoms with Crippen LogP contribution >= 0.6 is 23.2 Å². The lowest BCUT2D eigenvalue weighted by Gasteiger charge is -2.18. The zero-order valence-electron chi connectivity index (χ0n) is 14.0. The minimum atomic E-state index is -0.683. The molecule has 1 amide bonds. The molecule has 0 aliphatic carbocycles. The molecule has 1 heterocycles. The van der Waals surface area contributed by atoms with Crippen molar-refractivity contribution >= 4 is 40.5 Å². The van der Waals surface area contributed by atoms with Gasteiger partial charge >= 0.3 is 0 Å². The number of benzene rings is 2. The molecule has 1 fully saturated rings. The molecular formula is C19H20Cl2N2O2. The van der Waals surface area contributed by atoms with Crippen LogP contribution in [0.4, 0.5) is 11.4 Å². The maximum absolute atomic E-state index is 12.3. The Labute approximate surface area is 157 Å². The average Bonchev–Trinajstić information content (AvgIpc) is 3.12. The number of hydrogen-bond acceptors (Lipinski definition) is 3. The van der Waals surface area contributed by atoms with E-state index < -0.39 is 6.10 Å². The summed E-state index contributed by atoms with van der Waals surface area (Å²) < 4.78 is 5.63. The van der Waals surface area contributed by atoms with Crippen molar-refractivity contribution in [1.29, 1.82) is 0 Å². The summed E-state index contributed by atoms with van der Waals surface area (Å²) in [5.74, 6) is 0.193. The number of halogens is 2. The smallest absolute Gasteiger partial charge is 0.265 e. The van der Waals surface area contributed by atoms with Crippen LogP contribution in [-0.4, -0.2) is 25.1 Å². The quantitative estimate of drug-likeness (QED) is 0.795. The van der Waals surface area contributed by atoms with E-state index in [1.165, 1.54) is 18.5 Å². The summed E-state index contributed by atoms with van der Waals surface area (Å²) in [5, 5.41) is 3.76. The Bertz CT molecular complexity index is 744. The molecule has 3 rings (SSSR count). The van der Waals surface area contributed by atoms with Gasteiger partial charge in [-0.25, -0.2) is 0 Å². The third-order valence-corrected chi connectivity index (χ3v) is 4.70. The van der Waals surface area contributed by atoms with Crippen LogP contribution in [-0.2, 0) is 4.79 Å². The van der Waals surface area contributed by atoms with Gasteiger partial charge in [0.2, 0.25) is 0 Å². The first-order valence-corrected chi connectivity index (χ1v) is 9.06. The maximum Gasteiger partial charge on any atom is 0.265 e. The SMILES string of the molecule is C[C@H](Oc1ccc(Cl)cc1Cl)C(=O)Nc1ccc(N2CCCC2)cc1. The van der Waals surface area contributed by atoms with E-state index in [1.807, 2.05) is 24.3 Å². The van der Waals surface area contributed by atoms with Crippen molar-refractivity contribution in [2.24, 2.45) is 0 Å². The fraction of sp³-hybridized carbons (Fsp3) is 0.316. The van der Waals surface area contributed by atoms with E-state index in [-0.39, 0.29) is 5.91 Å². The molecule has 0 radical (unpaired) electrons. The predicted octanol–water partition coefficient (Wildman–Crippen LogP) is 5.00. The predicted molar refractivity (Wildman–Crippen MR) is 103 cm³/mol. The first kappa shape index (κ1) is 17.9. The van der Waals surface area contributed by atoms with E-state index in [1.54, 1.807) is 25.1 Å². The van der Waals surface area contributed by atoms with Gasteiger partial charge in [0.1, 0.15) is 5.75 Å².